The van der Waals surface area contributed by atoms with Gasteiger partial charge in [-0.1, -0.05) is 5.16 Å². The molecule has 0 radical (unpaired) electrons. The van der Waals surface area contributed by atoms with Gasteiger partial charge in [-0.3, -0.25) is 0 Å². The fourth-order valence-corrected chi connectivity index (χ4v) is 0.835. The smallest absolute Gasteiger partial charge is 0.213 e. The highest BCUT2D eigenvalue weighted by atomic mass is 16.5. The zero-order chi connectivity index (χ0) is 8.93. The van der Waals surface area contributed by atoms with E-state index in [1.54, 1.807) is 12.3 Å². The molecule has 66 valence electrons. The van der Waals surface area contributed by atoms with Gasteiger partial charge < -0.3 is 9.84 Å². The van der Waals surface area contributed by atoms with Crippen molar-refractivity contribution >= 4 is 5.82 Å². The second kappa shape index (κ2) is 3.61. The van der Waals surface area contributed by atoms with Crippen molar-refractivity contribution in [3.05, 3.63) is 30.8 Å². The predicted molar refractivity (Wildman–Crippen MR) is 43.7 cm³/mol. The first-order valence-corrected chi connectivity index (χ1v) is 3.70. The van der Waals surface area contributed by atoms with Gasteiger partial charge in [-0.2, -0.15) is 4.98 Å². The Labute approximate surface area is 74.0 Å². The SMILES string of the molecule is c1cc(NCc2ncon2)ncn1. The summed E-state index contributed by atoms with van der Waals surface area (Å²) in [5, 5.41) is 6.65. The van der Waals surface area contributed by atoms with Gasteiger partial charge in [0.2, 0.25) is 6.39 Å². The topological polar surface area (TPSA) is 76.7 Å². The molecule has 0 atom stereocenters. The van der Waals surface area contributed by atoms with E-state index >= 15 is 0 Å². The highest BCUT2D eigenvalue weighted by Crippen LogP contribution is 1.99. The number of aromatic nitrogens is 4. The average molecular weight is 177 g/mol. The molecule has 0 fully saturated rings. The molecule has 0 aliphatic carbocycles. The van der Waals surface area contributed by atoms with Crippen molar-refractivity contribution < 1.29 is 4.52 Å². The summed E-state index contributed by atoms with van der Waals surface area (Å²) in [6, 6.07) is 1.76. The molecule has 6 heteroatoms. The van der Waals surface area contributed by atoms with E-state index in [4.69, 9.17) is 0 Å². The molecule has 6 nitrogen and oxygen atoms in total. The highest BCUT2D eigenvalue weighted by Gasteiger charge is 1.97. The number of hydrogen-bond acceptors (Lipinski definition) is 6. The molecule has 0 aliphatic rings. The Kier molecular flexibility index (Phi) is 2.13. The molecule has 2 aromatic heterocycles. The number of anilines is 1. The molecule has 0 aliphatic heterocycles. The third kappa shape index (κ3) is 1.98. The first-order valence-electron chi connectivity index (χ1n) is 3.70. The molecule has 0 bridgehead atoms. The normalized spacial score (nSPS) is 9.85. The van der Waals surface area contributed by atoms with Crippen molar-refractivity contribution in [1.29, 1.82) is 0 Å². The summed E-state index contributed by atoms with van der Waals surface area (Å²) in [6.45, 7) is 0.494. The maximum Gasteiger partial charge on any atom is 0.213 e. The van der Waals surface area contributed by atoms with Gasteiger partial charge in [-0.05, 0) is 6.07 Å². The Balaban J connectivity index is 1.94. The second-order valence-corrected chi connectivity index (χ2v) is 2.30. The lowest BCUT2D eigenvalue weighted by Gasteiger charge is -1.99. The van der Waals surface area contributed by atoms with Crippen LogP contribution in [0.4, 0.5) is 5.82 Å². The van der Waals surface area contributed by atoms with Crippen molar-refractivity contribution in [2.24, 2.45) is 0 Å². The van der Waals surface area contributed by atoms with Crippen LogP contribution in [0.3, 0.4) is 0 Å². The van der Waals surface area contributed by atoms with Crippen LogP contribution in [-0.2, 0) is 6.54 Å². The Morgan fingerprint density at radius 1 is 1.38 bits per heavy atom. The summed E-state index contributed by atoms with van der Waals surface area (Å²) in [7, 11) is 0. The van der Waals surface area contributed by atoms with Gasteiger partial charge in [0.05, 0.1) is 6.54 Å². The van der Waals surface area contributed by atoms with E-state index in [9.17, 15) is 0 Å². The van der Waals surface area contributed by atoms with Crippen LogP contribution in [-0.4, -0.2) is 20.1 Å². The van der Waals surface area contributed by atoms with E-state index in [0.717, 1.165) is 5.82 Å². The molecule has 0 saturated carbocycles. The fraction of sp³-hybridized carbons (Fsp3) is 0.143. The van der Waals surface area contributed by atoms with Crippen molar-refractivity contribution in [2.75, 3.05) is 5.32 Å². The Morgan fingerprint density at radius 3 is 3.08 bits per heavy atom. The maximum atomic E-state index is 4.57. The predicted octanol–water partition coefficient (Wildman–Crippen LogP) is 0.472. The summed E-state index contributed by atoms with van der Waals surface area (Å²) in [5.41, 5.74) is 0. The summed E-state index contributed by atoms with van der Waals surface area (Å²) >= 11 is 0. The van der Waals surface area contributed by atoms with Crippen LogP contribution >= 0.6 is 0 Å². The van der Waals surface area contributed by atoms with Gasteiger partial charge in [0.1, 0.15) is 12.1 Å². The minimum Gasteiger partial charge on any atom is -0.363 e. The lowest BCUT2D eigenvalue weighted by Crippen LogP contribution is -2.02. The summed E-state index contributed by atoms with van der Waals surface area (Å²) in [4.78, 5) is 11.6. The minimum atomic E-state index is 0.494. The number of nitrogens with zero attached hydrogens (tertiary/aromatic N) is 4. The molecule has 2 aromatic rings. The van der Waals surface area contributed by atoms with E-state index in [0.29, 0.717) is 12.4 Å². The number of rotatable bonds is 3. The van der Waals surface area contributed by atoms with Crippen LogP contribution in [0.25, 0.3) is 0 Å². The Hall–Kier alpha value is -1.98. The molecule has 0 spiro atoms. The van der Waals surface area contributed by atoms with E-state index in [1.807, 2.05) is 0 Å². The van der Waals surface area contributed by atoms with E-state index < -0.39 is 0 Å². The molecule has 0 unspecified atom stereocenters. The zero-order valence-electron chi connectivity index (χ0n) is 6.71. The third-order valence-electron chi connectivity index (χ3n) is 1.42. The van der Waals surface area contributed by atoms with Crippen LogP contribution in [0, 0.1) is 0 Å². The lowest BCUT2D eigenvalue weighted by atomic mass is 10.5. The zero-order valence-corrected chi connectivity index (χ0v) is 6.71. The van der Waals surface area contributed by atoms with Gasteiger partial charge in [0.15, 0.2) is 5.82 Å². The maximum absolute atomic E-state index is 4.57. The summed E-state index contributed by atoms with van der Waals surface area (Å²) in [6.07, 6.45) is 4.42. The highest BCUT2D eigenvalue weighted by molar-refractivity contribution is 5.31. The van der Waals surface area contributed by atoms with Crippen molar-refractivity contribution in [3.63, 3.8) is 0 Å². The Bertz CT molecular complexity index is 346. The molecule has 0 amide bonds. The molecular weight excluding hydrogens is 170 g/mol. The number of nitrogens with one attached hydrogen (secondary N) is 1. The van der Waals surface area contributed by atoms with E-state index in [-0.39, 0.29) is 0 Å². The third-order valence-corrected chi connectivity index (χ3v) is 1.42. The molecule has 1 N–H and O–H groups in total. The molecule has 0 aromatic carbocycles. The van der Waals surface area contributed by atoms with E-state index in [2.05, 4.69) is 29.9 Å². The molecule has 2 heterocycles. The van der Waals surface area contributed by atoms with Crippen molar-refractivity contribution in [2.45, 2.75) is 6.54 Å². The first kappa shape index (κ1) is 7.66. The van der Waals surface area contributed by atoms with Crippen LogP contribution in [0.2, 0.25) is 0 Å². The summed E-state index contributed by atoms with van der Waals surface area (Å²) in [5.74, 6) is 1.33. The van der Waals surface area contributed by atoms with Gasteiger partial charge in [0, 0.05) is 6.20 Å². The summed E-state index contributed by atoms with van der Waals surface area (Å²) < 4.78 is 4.57. The molecule has 0 saturated heterocycles. The Morgan fingerprint density at radius 2 is 2.38 bits per heavy atom. The second-order valence-electron chi connectivity index (χ2n) is 2.30. The van der Waals surface area contributed by atoms with Gasteiger partial charge in [-0.15, -0.1) is 0 Å². The molecule has 2 rings (SSSR count). The molecule has 13 heavy (non-hydrogen) atoms. The van der Waals surface area contributed by atoms with Crippen LogP contribution in [0.5, 0.6) is 0 Å². The van der Waals surface area contributed by atoms with Crippen LogP contribution in [0.1, 0.15) is 5.82 Å². The number of hydrogen-bond donors (Lipinski definition) is 1. The fourth-order valence-electron chi connectivity index (χ4n) is 0.835. The first-order chi connectivity index (χ1) is 6.45. The van der Waals surface area contributed by atoms with E-state index in [1.165, 1.54) is 12.7 Å². The molecular formula is C7H7N5O. The van der Waals surface area contributed by atoms with Gasteiger partial charge in [-0.25, -0.2) is 9.97 Å². The van der Waals surface area contributed by atoms with Crippen molar-refractivity contribution in [1.82, 2.24) is 20.1 Å². The largest absolute Gasteiger partial charge is 0.363 e. The standard InChI is InChI=1S/C7H7N5O/c1-2-8-4-10-6(1)9-3-7-11-5-13-12-7/h1-2,4-5H,3H2,(H,8,9,10). The monoisotopic (exact) mass is 177 g/mol. The van der Waals surface area contributed by atoms with Crippen LogP contribution < -0.4 is 5.32 Å². The van der Waals surface area contributed by atoms with Crippen LogP contribution in [0.15, 0.2) is 29.5 Å². The van der Waals surface area contributed by atoms with Gasteiger partial charge >= 0.3 is 0 Å². The van der Waals surface area contributed by atoms with Gasteiger partial charge in [0.25, 0.3) is 0 Å². The average Bonchev–Trinajstić information content (AvgIpc) is 2.69. The quantitative estimate of drug-likeness (QED) is 0.734. The van der Waals surface area contributed by atoms with Crippen molar-refractivity contribution in [3.8, 4) is 0 Å². The minimum absolute atomic E-state index is 0.494. The lowest BCUT2D eigenvalue weighted by molar-refractivity contribution is 0.411.